The van der Waals surface area contributed by atoms with E-state index >= 15 is 0 Å². The molecule has 0 bridgehead atoms. The van der Waals surface area contributed by atoms with Crippen molar-refractivity contribution in [3.63, 3.8) is 0 Å². The predicted molar refractivity (Wildman–Crippen MR) is 68.2 cm³/mol. The van der Waals surface area contributed by atoms with E-state index in [1.807, 2.05) is 26.0 Å². The van der Waals surface area contributed by atoms with Gasteiger partial charge in [-0.25, -0.2) is 0 Å². The van der Waals surface area contributed by atoms with E-state index in [2.05, 4.69) is 16.2 Å². The highest BCUT2D eigenvalue weighted by atomic mass is 32.1. The number of hydrogen-bond donors (Lipinski definition) is 3. The molecule has 0 radical (unpaired) electrons. The lowest BCUT2D eigenvalue weighted by Crippen LogP contribution is -2.45. The van der Waals surface area contributed by atoms with E-state index in [0.717, 1.165) is 11.1 Å². The molecule has 0 unspecified atom stereocenters. The molecule has 16 heavy (non-hydrogen) atoms. The van der Waals surface area contributed by atoms with Gasteiger partial charge in [0.05, 0.1) is 0 Å². The number of aryl methyl sites for hydroxylation is 2. The normalized spacial score (nSPS) is 9.44. The van der Waals surface area contributed by atoms with Crippen LogP contribution in [0.3, 0.4) is 0 Å². The number of carbonyl (C=O) groups excluding carboxylic acids is 1. The average Bonchev–Trinajstić information content (AvgIpc) is 2.25. The second-order valence-electron chi connectivity index (χ2n) is 3.48. The van der Waals surface area contributed by atoms with Crippen LogP contribution in [0.1, 0.15) is 21.5 Å². The van der Waals surface area contributed by atoms with E-state index in [9.17, 15) is 4.79 Å². The number of rotatable bonds is 1. The summed E-state index contributed by atoms with van der Waals surface area (Å²) in [6.07, 6.45) is 0. The van der Waals surface area contributed by atoms with Crippen molar-refractivity contribution in [2.24, 2.45) is 0 Å². The third-order valence-corrected chi connectivity index (χ3v) is 2.45. The van der Waals surface area contributed by atoms with Crippen molar-refractivity contribution < 1.29 is 4.79 Å². The topological polar surface area (TPSA) is 53.2 Å². The van der Waals surface area contributed by atoms with Crippen LogP contribution < -0.4 is 16.2 Å². The van der Waals surface area contributed by atoms with E-state index in [1.54, 1.807) is 13.1 Å². The van der Waals surface area contributed by atoms with Crippen molar-refractivity contribution in [1.82, 2.24) is 16.2 Å². The Morgan fingerprint density at radius 2 is 1.94 bits per heavy atom. The highest BCUT2D eigenvalue weighted by Crippen LogP contribution is 2.09. The summed E-state index contributed by atoms with van der Waals surface area (Å²) < 4.78 is 0. The van der Waals surface area contributed by atoms with Crippen molar-refractivity contribution in [1.29, 1.82) is 0 Å². The summed E-state index contributed by atoms with van der Waals surface area (Å²) in [6.45, 7) is 3.89. The van der Waals surface area contributed by atoms with Gasteiger partial charge in [0.15, 0.2) is 5.11 Å². The zero-order valence-corrected chi connectivity index (χ0v) is 10.4. The molecule has 1 aromatic carbocycles. The molecule has 1 aromatic rings. The molecule has 3 N–H and O–H groups in total. The van der Waals surface area contributed by atoms with Crippen molar-refractivity contribution in [3.8, 4) is 0 Å². The highest BCUT2D eigenvalue weighted by molar-refractivity contribution is 7.80. The van der Waals surface area contributed by atoms with Gasteiger partial charge in [0.25, 0.3) is 5.91 Å². The van der Waals surface area contributed by atoms with E-state index in [4.69, 9.17) is 12.2 Å². The molecule has 0 saturated carbocycles. The summed E-state index contributed by atoms with van der Waals surface area (Å²) in [6, 6.07) is 5.66. The van der Waals surface area contributed by atoms with Gasteiger partial charge in [0.1, 0.15) is 0 Å². The predicted octanol–water partition coefficient (Wildman–Crippen LogP) is 1.04. The van der Waals surface area contributed by atoms with Crippen LogP contribution in [0, 0.1) is 13.8 Å². The van der Waals surface area contributed by atoms with Crippen LogP contribution in [-0.2, 0) is 0 Å². The molecular formula is C11H15N3OS. The zero-order chi connectivity index (χ0) is 12.1. The zero-order valence-electron chi connectivity index (χ0n) is 9.55. The quantitative estimate of drug-likeness (QED) is 0.504. The van der Waals surface area contributed by atoms with Crippen LogP contribution in [0.25, 0.3) is 0 Å². The summed E-state index contributed by atoms with van der Waals surface area (Å²) in [5, 5.41) is 3.07. The van der Waals surface area contributed by atoms with Crippen LogP contribution in [0.5, 0.6) is 0 Å². The Bertz CT molecular complexity index is 418. The Hall–Kier alpha value is -1.62. The first kappa shape index (κ1) is 12.4. The number of hydrogen-bond acceptors (Lipinski definition) is 2. The van der Waals surface area contributed by atoms with Crippen LogP contribution in [0.15, 0.2) is 18.2 Å². The highest BCUT2D eigenvalue weighted by Gasteiger charge is 2.08. The van der Waals surface area contributed by atoms with Crippen LogP contribution >= 0.6 is 12.2 Å². The summed E-state index contributed by atoms with van der Waals surface area (Å²) in [7, 11) is 1.68. The SMILES string of the molecule is CNC(=S)NNC(=O)c1ccc(C)cc1C. The van der Waals surface area contributed by atoms with E-state index in [-0.39, 0.29) is 5.91 Å². The van der Waals surface area contributed by atoms with Gasteiger partial charge in [-0.2, -0.15) is 0 Å². The third kappa shape index (κ3) is 3.20. The van der Waals surface area contributed by atoms with E-state index in [0.29, 0.717) is 10.7 Å². The van der Waals surface area contributed by atoms with Crippen molar-refractivity contribution in [2.45, 2.75) is 13.8 Å². The first-order valence-corrected chi connectivity index (χ1v) is 5.30. The standard InChI is InChI=1S/C11H15N3OS/c1-7-4-5-9(8(2)6-7)10(15)13-14-11(16)12-3/h4-6H,1-3H3,(H,13,15)(H2,12,14,16). The van der Waals surface area contributed by atoms with Gasteiger partial charge in [0, 0.05) is 12.6 Å². The molecule has 4 nitrogen and oxygen atoms in total. The Kier molecular flexibility index (Phi) is 4.25. The lowest BCUT2D eigenvalue weighted by molar-refractivity contribution is 0.0943. The van der Waals surface area contributed by atoms with Gasteiger partial charge in [0.2, 0.25) is 0 Å². The second-order valence-corrected chi connectivity index (χ2v) is 3.88. The summed E-state index contributed by atoms with van der Waals surface area (Å²) in [5.41, 5.74) is 7.82. The van der Waals surface area contributed by atoms with E-state index in [1.165, 1.54) is 0 Å². The van der Waals surface area contributed by atoms with Crippen molar-refractivity contribution in [2.75, 3.05) is 7.05 Å². The van der Waals surface area contributed by atoms with Crippen molar-refractivity contribution >= 4 is 23.2 Å². The molecular weight excluding hydrogens is 222 g/mol. The maximum atomic E-state index is 11.7. The maximum Gasteiger partial charge on any atom is 0.269 e. The van der Waals surface area contributed by atoms with Gasteiger partial charge in [-0.15, -0.1) is 0 Å². The van der Waals surface area contributed by atoms with Gasteiger partial charge in [-0.3, -0.25) is 15.6 Å². The number of hydrazine groups is 1. The lowest BCUT2D eigenvalue weighted by atomic mass is 10.1. The molecule has 0 atom stereocenters. The fraction of sp³-hybridized carbons (Fsp3) is 0.273. The fourth-order valence-corrected chi connectivity index (χ4v) is 1.36. The second kappa shape index (κ2) is 5.46. The van der Waals surface area contributed by atoms with Gasteiger partial charge in [-0.05, 0) is 37.7 Å². The number of amides is 1. The Balaban J connectivity index is 2.70. The molecule has 86 valence electrons. The fourth-order valence-electron chi connectivity index (χ4n) is 1.31. The molecule has 0 aliphatic rings. The summed E-state index contributed by atoms with van der Waals surface area (Å²) >= 11 is 4.84. The molecule has 1 amide bonds. The number of nitrogens with one attached hydrogen (secondary N) is 3. The first-order chi connectivity index (χ1) is 7.54. The Labute approximate surface area is 100 Å². The summed E-state index contributed by atoms with van der Waals surface area (Å²) in [4.78, 5) is 11.7. The van der Waals surface area contributed by atoms with Gasteiger partial charge in [-0.1, -0.05) is 17.7 Å². The van der Waals surface area contributed by atoms with Gasteiger partial charge >= 0.3 is 0 Å². The first-order valence-electron chi connectivity index (χ1n) is 4.90. The monoisotopic (exact) mass is 237 g/mol. The number of benzene rings is 1. The molecule has 0 aromatic heterocycles. The molecule has 1 rings (SSSR count). The number of carbonyl (C=O) groups is 1. The van der Waals surface area contributed by atoms with Gasteiger partial charge < -0.3 is 5.32 Å². The third-order valence-electron chi connectivity index (χ3n) is 2.14. The largest absolute Gasteiger partial charge is 0.364 e. The van der Waals surface area contributed by atoms with Crippen molar-refractivity contribution in [3.05, 3.63) is 34.9 Å². The average molecular weight is 237 g/mol. The van der Waals surface area contributed by atoms with E-state index < -0.39 is 0 Å². The minimum atomic E-state index is -0.199. The molecule has 0 aliphatic heterocycles. The van der Waals surface area contributed by atoms with Crippen LogP contribution in [0.2, 0.25) is 0 Å². The molecule has 0 fully saturated rings. The molecule has 0 saturated heterocycles. The molecule has 0 spiro atoms. The van der Waals surface area contributed by atoms with Crippen LogP contribution in [-0.4, -0.2) is 18.1 Å². The molecule has 5 heteroatoms. The smallest absolute Gasteiger partial charge is 0.269 e. The molecule has 0 heterocycles. The minimum absolute atomic E-state index is 0.199. The number of thiocarbonyl (C=S) groups is 1. The Morgan fingerprint density at radius 3 is 2.50 bits per heavy atom. The van der Waals surface area contributed by atoms with Crippen LogP contribution in [0.4, 0.5) is 0 Å². The lowest BCUT2D eigenvalue weighted by Gasteiger charge is -2.10. The summed E-state index contributed by atoms with van der Waals surface area (Å²) in [5.74, 6) is -0.199. The minimum Gasteiger partial charge on any atom is -0.364 e. The molecule has 0 aliphatic carbocycles. The maximum absolute atomic E-state index is 11.7. The Morgan fingerprint density at radius 1 is 1.25 bits per heavy atom.